The summed E-state index contributed by atoms with van der Waals surface area (Å²) < 4.78 is 0. The van der Waals surface area contributed by atoms with Gasteiger partial charge in [-0.1, -0.05) is 58.9 Å². The van der Waals surface area contributed by atoms with Gasteiger partial charge in [0.15, 0.2) is 0 Å². The molecule has 4 bridgehead atoms. The number of nitrogens with one attached hydrogen (secondary N) is 1. The largest absolute Gasteiger partial charge is 0.474 e. The van der Waals surface area contributed by atoms with Gasteiger partial charge in [0.05, 0.1) is 11.4 Å². The van der Waals surface area contributed by atoms with Gasteiger partial charge in [0.1, 0.15) is 0 Å². The van der Waals surface area contributed by atoms with Crippen molar-refractivity contribution in [1.82, 2.24) is 15.1 Å². The number of allylic oxidation sites excluding steroid dienone is 4. The van der Waals surface area contributed by atoms with E-state index in [0.717, 1.165) is 50.8 Å². The fourth-order valence-electron chi connectivity index (χ4n) is 8.87. The van der Waals surface area contributed by atoms with E-state index in [9.17, 15) is 29.4 Å². The first-order valence-corrected chi connectivity index (χ1v) is 17.3. The molecule has 0 radical (unpaired) electrons. The van der Waals surface area contributed by atoms with Crippen molar-refractivity contribution in [3.8, 4) is 11.8 Å². The molecule has 4 rings (SSSR count). The summed E-state index contributed by atoms with van der Waals surface area (Å²) in [6.07, 6.45) is 11.7. The van der Waals surface area contributed by atoms with Gasteiger partial charge in [0.25, 0.3) is 0 Å². The molecule has 0 aromatic rings. The zero-order valence-electron chi connectivity index (χ0n) is 28.7. The molecule has 2 saturated heterocycles. The zero-order valence-corrected chi connectivity index (χ0v) is 28.7. The molecular weight excluding hydrogens is 594 g/mol. The van der Waals surface area contributed by atoms with E-state index in [-0.39, 0.29) is 29.3 Å². The molecule has 0 spiro atoms. The topological polar surface area (TPSA) is 127 Å². The van der Waals surface area contributed by atoms with Crippen molar-refractivity contribution in [2.75, 3.05) is 6.54 Å². The molecule has 2 amide bonds. The van der Waals surface area contributed by atoms with Gasteiger partial charge in [-0.15, -0.1) is 5.92 Å². The Morgan fingerprint density at radius 3 is 2.30 bits per heavy atom. The molecule has 1 saturated carbocycles. The molecule has 47 heavy (non-hydrogen) atoms. The predicted octanol–water partition coefficient (Wildman–Crippen LogP) is 5.81. The minimum Gasteiger partial charge on any atom is -0.474 e. The van der Waals surface area contributed by atoms with Crippen LogP contribution in [0.1, 0.15) is 86.0 Å². The van der Waals surface area contributed by atoms with Gasteiger partial charge in [-0.3, -0.25) is 14.5 Å². The number of carboxylic acid groups (broad SMARTS) is 2. The molecule has 3 fully saturated rings. The SMILES string of the molecule is C=CC=C(NC(=O)C(=O)O)C(=CC)N(C(=O)C(=O)O)C1CC2CN(C(=C)C3CC4CCC#CC(C4)C(C)C(C)C3)C(C1)C(C)CC2C. The quantitative estimate of drug-likeness (QED) is 0.181. The van der Waals surface area contributed by atoms with Crippen LogP contribution < -0.4 is 5.32 Å². The Labute approximate surface area is 280 Å². The molecule has 9 nitrogen and oxygen atoms in total. The molecule has 2 heterocycles. The predicted molar refractivity (Wildman–Crippen MR) is 181 cm³/mol. The third-order valence-corrected chi connectivity index (χ3v) is 11.6. The summed E-state index contributed by atoms with van der Waals surface area (Å²) in [4.78, 5) is 53.3. The molecule has 2 aliphatic heterocycles. The summed E-state index contributed by atoms with van der Waals surface area (Å²) in [5.74, 6) is 4.41. The standard InChI is InChI=1S/C38H53N3O6/c1-8-12-32(39-35(42)37(44)45)33(9-2)41(36(43)38(46)47)31-19-30-21-40(34(20-31)24(5)15-23(30)4)26(7)29-16-22(3)25(6)28-14-11-10-13-27(17-28)18-29/h8-9,12,22-25,27-31,34H,1,7,10,13,15-21H2,2-6H3,(H,39,42)(H,44,45)(H,46,47). The van der Waals surface area contributed by atoms with Crippen molar-refractivity contribution in [1.29, 1.82) is 0 Å². The summed E-state index contributed by atoms with van der Waals surface area (Å²) >= 11 is 0. The number of carbonyl (C=O) groups excluding carboxylic acids is 2. The highest BCUT2D eigenvalue weighted by molar-refractivity contribution is 6.33. The first kappa shape index (κ1) is 36.0. The van der Waals surface area contributed by atoms with Gasteiger partial charge in [0.2, 0.25) is 0 Å². The smallest absolute Gasteiger partial charge is 0.394 e. The van der Waals surface area contributed by atoms with E-state index in [1.54, 1.807) is 13.0 Å². The summed E-state index contributed by atoms with van der Waals surface area (Å²) in [5, 5.41) is 21.6. The molecule has 4 aliphatic rings. The van der Waals surface area contributed by atoms with Crippen LogP contribution >= 0.6 is 0 Å². The summed E-state index contributed by atoms with van der Waals surface area (Å²) in [6, 6.07) is -0.484. The van der Waals surface area contributed by atoms with E-state index in [1.165, 1.54) is 17.1 Å². The lowest BCUT2D eigenvalue weighted by atomic mass is 9.69. The Morgan fingerprint density at radius 1 is 0.936 bits per heavy atom. The van der Waals surface area contributed by atoms with Gasteiger partial charge in [-0.2, -0.15) is 0 Å². The van der Waals surface area contributed by atoms with Crippen molar-refractivity contribution in [2.24, 2.45) is 47.3 Å². The van der Waals surface area contributed by atoms with E-state index in [0.29, 0.717) is 48.3 Å². The van der Waals surface area contributed by atoms with Crippen LogP contribution in [0, 0.1) is 59.2 Å². The Kier molecular flexibility index (Phi) is 11.8. The number of aliphatic carboxylic acids is 2. The zero-order chi connectivity index (χ0) is 34.6. The number of hydrogen-bond acceptors (Lipinski definition) is 5. The van der Waals surface area contributed by atoms with Gasteiger partial charge in [0, 0.05) is 36.7 Å². The van der Waals surface area contributed by atoms with Gasteiger partial charge >= 0.3 is 23.8 Å². The van der Waals surface area contributed by atoms with Crippen molar-refractivity contribution in [3.05, 3.63) is 48.5 Å². The second-order valence-electron chi connectivity index (χ2n) is 14.6. The lowest BCUT2D eigenvalue weighted by Gasteiger charge is -2.43. The maximum atomic E-state index is 13.6. The average Bonchev–Trinajstić information content (AvgIpc) is 3.43. The maximum Gasteiger partial charge on any atom is 0.394 e. The summed E-state index contributed by atoms with van der Waals surface area (Å²) in [7, 11) is 0. The normalized spacial score (nSPS) is 34.2. The van der Waals surface area contributed by atoms with Crippen LogP contribution in [0.15, 0.2) is 48.5 Å². The van der Waals surface area contributed by atoms with E-state index < -0.39 is 29.8 Å². The van der Waals surface area contributed by atoms with Crippen molar-refractivity contribution in [2.45, 2.75) is 98.1 Å². The molecule has 2 aliphatic carbocycles. The van der Waals surface area contributed by atoms with Gasteiger partial charge in [-0.25, -0.2) is 9.59 Å². The van der Waals surface area contributed by atoms with Crippen LogP contribution in [0.25, 0.3) is 0 Å². The monoisotopic (exact) mass is 647 g/mol. The van der Waals surface area contributed by atoms with Crippen LogP contribution in [0.4, 0.5) is 0 Å². The number of hydrogen-bond donors (Lipinski definition) is 3. The molecular formula is C38H53N3O6. The van der Waals surface area contributed by atoms with E-state index >= 15 is 0 Å². The number of carbonyl (C=O) groups is 4. The number of fused-ring (bicyclic) bond motifs is 5. The van der Waals surface area contributed by atoms with E-state index in [1.807, 2.05) is 0 Å². The number of amides is 2. The van der Waals surface area contributed by atoms with Crippen LogP contribution in [-0.4, -0.2) is 62.4 Å². The van der Waals surface area contributed by atoms with Crippen LogP contribution in [-0.2, 0) is 19.2 Å². The highest BCUT2D eigenvalue weighted by atomic mass is 16.4. The summed E-state index contributed by atoms with van der Waals surface area (Å²) in [6.45, 7) is 20.1. The third kappa shape index (κ3) is 8.02. The van der Waals surface area contributed by atoms with Crippen molar-refractivity contribution >= 4 is 23.8 Å². The Morgan fingerprint density at radius 2 is 1.66 bits per heavy atom. The first-order chi connectivity index (χ1) is 22.3. The van der Waals surface area contributed by atoms with Crippen LogP contribution in [0.2, 0.25) is 0 Å². The molecule has 0 aromatic carbocycles. The number of nitrogens with zero attached hydrogens (tertiary/aromatic N) is 2. The Bertz CT molecular complexity index is 1390. The van der Waals surface area contributed by atoms with Crippen molar-refractivity contribution < 1.29 is 29.4 Å². The molecule has 0 aromatic heterocycles. The Hall–Kier alpha value is -3.80. The highest BCUT2D eigenvalue weighted by Crippen LogP contribution is 2.47. The molecule has 10 atom stereocenters. The minimum atomic E-state index is -1.70. The highest BCUT2D eigenvalue weighted by Gasteiger charge is 2.46. The Balaban J connectivity index is 1.71. The molecule has 9 heteroatoms. The fourth-order valence-corrected chi connectivity index (χ4v) is 8.87. The maximum absolute atomic E-state index is 13.6. The lowest BCUT2D eigenvalue weighted by molar-refractivity contribution is -0.156. The second-order valence-corrected chi connectivity index (χ2v) is 14.6. The third-order valence-electron chi connectivity index (χ3n) is 11.6. The van der Waals surface area contributed by atoms with Crippen LogP contribution in [0.5, 0.6) is 0 Å². The molecule has 3 N–H and O–H groups in total. The van der Waals surface area contributed by atoms with E-state index in [4.69, 9.17) is 6.58 Å². The molecule has 10 unspecified atom stereocenters. The summed E-state index contributed by atoms with van der Waals surface area (Å²) in [5.41, 5.74) is 1.30. The number of carboxylic acids is 2. The molecule has 256 valence electrons. The van der Waals surface area contributed by atoms with Crippen LogP contribution in [0.3, 0.4) is 0 Å². The fraction of sp³-hybridized carbons (Fsp3) is 0.632. The first-order valence-electron chi connectivity index (χ1n) is 17.3. The second kappa shape index (κ2) is 15.4. The van der Waals surface area contributed by atoms with Crippen molar-refractivity contribution in [3.63, 3.8) is 0 Å². The lowest BCUT2D eigenvalue weighted by Crippen LogP contribution is -2.49. The van der Waals surface area contributed by atoms with E-state index in [2.05, 4.69) is 56.3 Å². The number of rotatable bonds is 7. The van der Waals surface area contributed by atoms with Gasteiger partial charge < -0.3 is 20.4 Å². The average molecular weight is 648 g/mol. The van der Waals surface area contributed by atoms with Gasteiger partial charge in [-0.05, 0) is 99.4 Å². The minimum absolute atomic E-state index is 0.00424.